The first-order valence-corrected chi connectivity index (χ1v) is 7.28. The van der Waals surface area contributed by atoms with Gasteiger partial charge in [0.15, 0.2) is 0 Å². The Kier molecular flexibility index (Phi) is 7.95. The van der Waals surface area contributed by atoms with E-state index in [9.17, 15) is 4.79 Å². The summed E-state index contributed by atoms with van der Waals surface area (Å²) in [6.45, 7) is 8.97. The average Bonchev–Trinajstić information content (AvgIpc) is 2.32. The van der Waals surface area contributed by atoms with E-state index in [1.54, 1.807) is 4.90 Å². The minimum atomic E-state index is -0.463. The highest BCUT2D eigenvalue weighted by molar-refractivity contribution is 5.69. The Hall–Kier alpha value is -0.890. The molecule has 0 aromatic carbocycles. The maximum atomic E-state index is 11.7. The Labute approximate surface area is 126 Å². The lowest BCUT2D eigenvalue weighted by Crippen LogP contribution is -2.56. The van der Waals surface area contributed by atoms with Crippen molar-refractivity contribution in [3.05, 3.63) is 0 Å². The molecule has 1 amide bonds. The van der Waals surface area contributed by atoms with E-state index in [0.717, 1.165) is 0 Å². The molecule has 1 N–H and O–H groups in total. The fourth-order valence-corrected chi connectivity index (χ4v) is 1.68. The highest BCUT2D eigenvalue weighted by Crippen LogP contribution is 2.16. The average molecular weight is 305 g/mol. The molecular weight excluding hydrogens is 278 g/mol. The zero-order valence-corrected chi connectivity index (χ0v) is 13.2. The zero-order chi connectivity index (χ0) is 15.7. The van der Waals surface area contributed by atoms with Crippen LogP contribution in [0.3, 0.4) is 0 Å². The summed E-state index contributed by atoms with van der Waals surface area (Å²) in [6.07, 6.45) is -0.230. The molecule has 1 heterocycles. The quantitative estimate of drug-likeness (QED) is 0.630. The number of aliphatic hydroxyl groups excluding tert-OH is 1. The van der Waals surface area contributed by atoms with Crippen LogP contribution in [0.2, 0.25) is 0 Å². The van der Waals surface area contributed by atoms with Crippen molar-refractivity contribution in [2.75, 3.05) is 52.7 Å². The summed E-state index contributed by atoms with van der Waals surface area (Å²) >= 11 is 0. The number of ether oxygens (including phenoxy) is 4. The summed E-state index contributed by atoms with van der Waals surface area (Å²) in [5, 5.41) is 8.50. The zero-order valence-electron chi connectivity index (χ0n) is 13.2. The molecule has 1 aliphatic rings. The Balaban J connectivity index is 1.92. The van der Waals surface area contributed by atoms with E-state index < -0.39 is 5.60 Å². The van der Waals surface area contributed by atoms with E-state index in [1.807, 2.05) is 20.8 Å². The number of aliphatic hydroxyl groups is 1. The number of carbonyl (C=O) groups is 1. The van der Waals surface area contributed by atoms with E-state index in [0.29, 0.717) is 46.1 Å². The second-order valence-corrected chi connectivity index (χ2v) is 5.83. The van der Waals surface area contributed by atoms with Gasteiger partial charge >= 0.3 is 6.09 Å². The van der Waals surface area contributed by atoms with Crippen LogP contribution in [0.15, 0.2) is 0 Å². The number of rotatable bonds is 9. The first-order valence-electron chi connectivity index (χ1n) is 7.28. The third kappa shape index (κ3) is 8.21. The maximum absolute atomic E-state index is 11.7. The smallest absolute Gasteiger partial charge is 0.410 e. The van der Waals surface area contributed by atoms with Gasteiger partial charge in [0.05, 0.1) is 58.8 Å². The molecule has 124 valence electrons. The fourth-order valence-electron chi connectivity index (χ4n) is 1.68. The van der Waals surface area contributed by atoms with Crippen molar-refractivity contribution in [1.29, 1.82) is 0 Å². The van der Waals surface area contributed by atoms with Crippen molar-refractivity contribution in [3.8, 4) is 0 Å². The molecule has 0 atom stereocenters. The third-order valence-electron chi connectivity index (χ3n) is 2.69. The minimum absolute atomic E-state index is 0.0267. The third-order valence-corrected chi connectivity index (χ3v) is 2.69. The van der Waals surface area contributed by atoms with Gasteiger partial charge in [-0.1, -0.05) is 0 Å². The van der Waals surface area contributed by atoms with Gasteiger partial charge in [-0.3, -0.25) is 0 Å². The minimum Gasteiger partial charge on any atom is -0.444 e. The van der Waals surface area contributed by atoms with Crippen molar-refractivity contribution in [2.24, 2.45) is 0 Å². The van der Waals surface area contributed by atoms with Gasteiger partial charge < -0.3 is 29.0 Å². The van der Waals surface area contributed by atoms with Gasteiger partial charge in [-0.05, 0) is 20.8 Å². The van der Waals surface area contributed by atoms with Crippen molar-refractivity contribution in [1.82, 2.24) is 4.90 Å². The monoisotopic (exact) mass is 305 g/mol. The van der Waals surface area contributed by atoms with Gasteiger partial charge in [0.25, 0.3) is 0 Å². The number of likely N-dealkylation sites (tertiary alicyclic amines) is 1. The summed E-state index contributed by atoms with van der Waals surface area (Å²) in [5.74, 6) is 0. The first-order chi connectivity index (χ1) is 9.92. The van der Waals surface area contributed by atoms with Crippen molar-refractivity contribution in [3.63, 3.8) is 0 Å². The summed E-state index contributed by atoms with van der Waals surface area (Å²) in [6, 6.07) is 0. The topological polar surface area (TPSA) is 77.5 Å². The molecule has 0 aliphatic carbocycles. The molecule has 0 spiro atoms. The summed E-state index contributed by atoms with van der Waals surface area (Å²) < 4.78 is 21.2. The largest absolute Gasteiger partial charge is 0.444 e. The predicted molar refractivity (Wildman–Crippen MR) is 76.3 cm³/mol. The van der Waals surface area contributed by atoms with Crippen LogP contribution in [0.4, 0.5) is 4.79 Å². The number of amides is 1. The summed E-state index contributed by atoms with van der Waals surface area (Å²) in [5.41, 5.74) is -0.463. The van der Waals surface area contributed by atoms with Gasteiger partial charge in [0.1, 0.15) is 5.60 Å². The fraction of sp³-hybridized carbons (Fsp3) is 0.929. The second kappa shape index (κ2) is 9.19. The SMILES string of the molecule is CC(C)(C)OC(=O)N1CC(OCCOCCOCCO)C1. The highest BCUT2D eigenvalue weighted by Gasteiger charge is 2.34. The molecule has 0 unspecified atom stereocenters. The molecule has 21 heavy (non-hydrogen) atoms. The van der Waals surface area contributed by atoms with E-state index in [-0.39, 0.29) is 18.8 Å². The van der Waals surface area contributed by atoms with Crippen LogP contribution in [0.25, 0.3) is 0 Å². The molecule has 1 fully saturated rings. The normalized spacial score (nSPS) is 15.9. The number of hydrogen-bond donors (Lipinski definition) is 1. The standard InChI is InChI=1S/C14H27NO6/c1-14(2,3)21-13(17)15-10-12(11-15)20-9-8-19-7-6-18-5-4-16/h12,16H,4-11H2,1-3H3. The lowest BCUT2D eigenvalue weighted by Gasteiger charge is -2.39. The van der Waals surface area contributed by atoms with Gasteiger partial charge in [0, 0.05) is 0 Å². The molecular formula is C14H27NO6. The Morgan fingerprint density at radius 1 is 1.10 bits per heavy atom. The van der Waals surface area contributed by atoms with Gasteiger partial charge in [0.2, 0.25) is 0 Å². The highest BCUT2D eigenvalue weighted by atomic mass is 16.6. The maximum Gasteiger partial charge on any atom is 0.410 e. The van der Waals surface area contributed by atoms with E-state index in [1.165, 1.54) is 0 Å². The molecule has 1 rings (SSSR count). The molecule has 0 radical (unpaired) electrons. The van der Waals surface area contributed by atoms with Crippen LogP contribution in [0, 0.1) is 0 Å². The number of carbonyl (C=O) groups excluding carboxylic acids is 1. The van der Waals surface area contributed by atoms with Crippen LogP contribution in [-0.4, -0.2) is 80.5 Å². The summed E-state index contributed by atoms with van der Waals surface area (Å²) in [7, 11) is 0. The van der Waals surface area contributed by atoms with Crippen LogP contribution < -0.4 is 0 Å². The van der Waals surface area contributed by atoms with Crippen molar-refractivity contribution >= 4 is 6.09 Å². The van der Waals surface area contributed by atoms with E-state index >= 15 is 0 Å². The van der Waals surface area contributed by atoms with Crippen molar-refractivity contribution in [2.45, 2.75) is 32.5 Å². The Morgan fingerprint density at radius 3 is 2.24 bits per heavy atom. The van der Waals surface area contributed by atoms with Crippen molar-refractivity contribution < 1.29 is 28.8 Å². The number of hydrogen-bond acceptors (Lipinski definition) is 6. The molecule has 0 aromatic rings. The van der Waals surface area contributed by atoms with Crippen LogP contribution in [-0.2, 0) is 18.9 Å². The molecule has 0 bridgehead atoms. The van der Waals surface area contributed by atoms with Gasteiger partial charge in [-0.2, -0.15) is 0 Å². The van der Waals surface area contributed by atoms with Gasteiger partial charge in [-0.15, -0.1) is 0 Å². The molecule has 0 saturated carbocycles. The summed E-state index contributed by atoms with van der Waals surface area (Å²) in [4.78, 5) is 13.3. The van der Waals surface area contributed by atoms with Gasteiger partial charge in [-0.25, -0.2) is 4.79 Å². The van der Waals surface area contributed by atoms with Crippen LogP contribution >= 0.6 is 0 Å². The molecule has 1 saturated heterocycles. The van der Waals surface area contributed by atoms with Crippen LogP contribution in [0.5, 0.6) is 0 Å². The van der Waals surface area contributed by atoms with E-state index in [4.69, 9.17) is 24.1 Å². The predicted octanol–water partition coefficient (Wildman–Crippen LogP) is 0.648. The Bertz CT molecular complexity index is 298. The second-order valence-electron chi connectivity index (χ2n) is 5.83. The molecule has 7 heteroatoms. The molecule has 7 nitrogen and oxygen atoms in total. The lowest BCUT2D eigenvalue weighted by atomic mass is 10.2. The molecule has 0 aromatic heterocycles. The number of nitrogens with zero attached hydrogens (tertiary/aromatic N) is 1. The van der Waals surface area contributed by atoms with E-state index in [2.05, 4.69) is 0 Å². The van der Waals surface area contributed by atoms with Crippen LogP contribution in [0.1, 0.15) is 20.8 Å². The lowest BCUT2D eigenvalue weighted by molar-refractivity contribution is -0.0776. The first kappa shape index (κ1) is 18.2. The molecule has 1 aliphatic heterocycles. The Morgan fingerprint density at radius 2 is 1.67 bits per heavy atom.